The molecule has 7 heavy (non-hydrogen) atoms. The van der Waals surface area contributed by atoms with Gasteiger partial charge in [-0.2, -0.15) is 0 Å². The van der Waals surface area contributed by atoms with E-state index in [1.54, 1.807) is 0 Å². The number of hydrogen-bond acceptors (Lipinski definition) is 1. The van der Waals surface area contributed by atoms with Gasteiger partial charge in [0.25, 0.3) is 0 Å². The molecule has 0 aromatic carbocycles. The van der Waals surface area contributed by atoms with E-state index in [0.717, 1.165) is 0 Å². The van der Waals surface area contributed by atoms with Crippen LogP contribution in [0.2, 0.25) is 0 Å². The van der Waals surface area contributed by atoms with Gasteiger partial charge in [-0.1, -0.05) is 0 Å². The van der Waals surface area contributed by atoms with Crippen LogP contribution in [0.15, 0.2) is 0 Å². The Kier molecular flexibility index (Phi) is 12.5. The fourth-order valence-electron chi connectivity index (χ4n) is 0. The largest absolute Gasteiger partial charge is 0.466 e. The van der Waals surface area contributed by atoms with Crippen LogP contribution in [-0.2, 0) is 4.57 Å². The van der Waals surface area contributed by atoms with Crippen molar-refractivity contribution in [3.8, 4) is 0 Å². The predicted molar refractivity (Wildman–Crippen MR) is 17.9 cm³/mol. The van der Waals surface area contributed by atoms with Crippen LogP contribution in [0.5, 0.6) is 0 Å². The summed E-state index contributed by atoms with van der Waals surface area (Å²) in [4.78, 5) is 21.6. The summed E-state index contributed by atoms with van der Waals surface area (Å²) >= 11 is 0. The Labute approximate surface area is 72.8 Å². The third-order valence-electron chi connectivity index (χ3n) is 0. The molecule has 0 bridgehead atoms. The number of rotatable bonds is 0. The Bertz CT molecular complexity index is 54.2. The molecule has 0 aliphatic rings. The van der Waals surface area contributed by atoms with Crippen LogP contribution >= 0.6 is 7.82 Å². The third-order valence-corrected chi connectivity index (χ3v) is 0. The van der Waals surface area contributed by atoms with E-state index in [2.05, 4.69) is 0 Å². The van der Waals surface area contributed by atoms with Crippen molar-refractivity contribution in [2.75, 3.05) is 0 Å². The van der Waals surface area contributed by atoms with Gasteiger partial charge in [0.15, 0.2) is 0 Å². The zero-order valence-electron chi connectivity index (χ0n) is 3.20. The first-order chi connectivity index (χ1) is 2.00. The Balaban J connectivity index is -0.0000000800. The monoisotopic (exact) mass is 258 g/mol. The maximum atomic E-state index is 8.88. The van der Waals surface area contributed by atoms with E-state index >= 15 is 0 Å². The molecule has 0 saturated heterocycles. The fraction of sp³-hybridized carbons (Fsp3) is 0. The van der Waals surface area contributed by atoms with Gasteiger partial charge in [0.05, 0.1) is 0 Å². The summed E-state index contributed by atoms with van der Waals surface area (Å²) in [7, 11) is -4.64. The van der Waals surface area contributed by atoms with Crippen LogP contribution in [0, 0.1) is 40.8 Å². The van der Waals surface area contributed by atoms with E-state index in [-0.39, 0.29) is 46.3 Å². The summed E-state index contributed by atoms with van der Waals surface area (Å²) in [5.74, 6) is 0. The molecule has 0 atom stereocenters. The zero-order valence-corrected chi connectivity index (χ0v) is 7.30. The maximum Gasteiger partial charge on any atom is 0.466 e. The molecule has 0 radical (unpaired) electrons. The Morgan fingerprint density at radius 3 is 1.14 bits per heavy atom. The molecular weight excluding hydrogens is 255 g/mol. The second-order valence-corrected chi connectivity index (χ2v) is 1.54. The molecular formula is H5NdO5P. The molecule has 0 heterocycles. The zero-order chi connectivity index (χ0) is 4.50. The summed E-state index contributed by atoms with van der Waals surface area (Å²) in [5.41, 5.74) is 0. The maximum absolute atomic E-state index is 8.88. The van der Waals surface area contributed by atoms with Crippen molar-refractivity contribution in [2.24, 2.45) is 0 Å². The molecule has 0 amide bonds. The van der Waals surface area contributed by atoms with Crippen molar-refractivity contribution in [1.29, 1.82) is 0 Å². The predicted octanol–water partition coefficient (Wildman–Crippen LogP) is -1.75. The first kappa shape index (κ1) is 15.8. The summed E-state index contributed by atoms with van der Waals surface area (Å²) in [6.07, 6.45) is 0. The number of hydrogen-bond donors (Lipinski definition) is 3. The van der Waals surface area contributed by atoms with Gasteiger partial charge in [0.2, 0.25) is 0 Å². The van der Waals surface area contributed by atoms with E-state index in [1.807, 2.05) is 0 Å². The van der Waals surface area contributed by atoms with Crippen molar-refractivity contribution >= 4 is 7.82 Å². The fourth-order valence-corrected chi connectivity index (χ4v) is 0. The summed E-state index contributed by atoms with van der Waals surface area (Å²) in [5, 5.41) is 0. The molecule has 7 heteroatoms. The van der Waals surface area contributed by atoms with E-state index in [9.17, 15) is 0 Å². The van der Waals surface area contributed by atoms with Gasteiger partial charge in [-0.05, 0) is 0 Å². The average molecular weight is 260 g/mol. The van der Waals surface area contributed by atoms with Gasteiger partial charge >= 0.3 is 7.82 Å². The molecule has 0 saturated carbocycles. The van der Waals surface area contributed by atoms with E-state index in [0.29, 0.717) is 0 Å². The van der Waals surface area contributed by atoms with Crippen molar-refractivity contribution < 1.29 is 65.6 Å². The van der Waals surface area contributed by atoms with Gasteiger partial charge in [-0.25, -0.2) is 4.57 Å². The van der Waals surface area contributed by atoms with Crippen LogP contribution in [0.3, 0.4) is 0 Å². The molecule has 44 valence electrons. The van der Waals surface area contributed by atoms with E-state index in [1.165, 1.54) is 0 Å². The molecule has 0 aromatic rings. The smallest absolute Gasteiger partial charge is 0.412 e. The summed E-state index contributed by atoms with van der Waals surface area (Å²) in [6, 6.07) is 0. The Morgan fingerprint density at radius 1 is 1.14 bits per heavy atom. The van der Waals surface area contributed by atoms with E-state index < -0.39 is 7.82 Å². The first-order valence-electron chi connectivity index (χ1n) is 0.783. The topological polar surface area (TPSA) is 109 Å². The first-order valence-corrected chi connectivity index (χ1v) is 2.35. The van der Waals surface area contributed by atoms with Crippen LogP contribution < -0.4 is 0 Å². The SMILES string of the molecule is O.O=P(O)(O)O.[Nd]. The van der Waals surface area contributed by atoms with Gasteiger partial charge in [-0.15, -0.1) is 0 Å². The molecule has 0 fully saturated rings. The molecule has 0 aliphatic heterocycles. The second kappa shape index (κ2) is 5.56. The minimum Gasteiger partial charge on any atom is -0.412 e. The van der Waals surface area contributed by atoms with Crippen LogP contribution in [0.4, 0.5) is 0 Å². The molecule has 0 unspecified atom stereocenters. The Hall–Kier alpha value is 1.42. The molecule has 0 aromatic heterocycles. The summed E-state index contributed by atoms with van der Waals surface area (Å²) in [6.45, 7) is 0. The number of phosphoric acid groups is 1. The van der Waals surface area contributed by atoms with Crippen LogP contribution in [0.25, 0.3) is 0 Å². The Morgan fingerprint density at radius 2 is 1.14 bits per heavy atom. The van der Waals surface area contributed by atoms with Crippen molar-refractivity contribution in [1.82, 2.24) is 0 Å². The van der Waals surface area contributed by atoms with E-state index in [4.69, 9.17) is 19.2 Å². The van der Waals surface area contributed by atoms with Gasteiger partial charge in [-0.3, -0.25) is 0 Å². The minimum absolute atomic E-state index is 0. The minimum atomic E-state index is -4.64. The molecule has 0 rings (SSSR count). The van der Waals surface area contributed by atoms with Gasteiger partial charge in [0, 0.05) is 40.8 Å². The van der Waals surface area contributed by atoms with Gasteiger partial charge < -0.3 is 20.2 Å². The molecule has 0 spiro atoms. The molecule has 5 N–H and O–H groups in total. The quantitative estimate of drug-likeness (QED) is 0.448. The van der Waals surface area contributed by atoms with Crippen molar-refractivity contribution in [3.63, 3.8) is 0 Å². The standard InChI is InChI=1S/Nd.H3O4P.H2O/c;1-5(2,3)4;/h;(H3,1,2,3,4);1H2. The van der Waals surface area contributed by atoms with Gasteiger partial charge in [0.1, 0.15) is 0 Å². The average Bonchev–Trinajstić information content (AvgIpc) is 0.722. The van der Waals surface area contributed by atoms with Crippen LogP contribution in [0.1, 0.15) is 0 Å². The molecule has 0 aliphatic carbocycles. The third kappa shape index (κ3) is 108. The summed E-state index contributed by atoms with van der Waals surface area (Å²) < 4.78 is 8.88. The van der Waals surface area contributed by atoms with Crippen molar-refractivity contribution in [3.05, 3.63) is 0 Å². The normalized spacial score (nSPS) is 8.43. The molecule has 5 nitrogen and oxygen atoms in total. The van der Waals surface area contributed by atoms with Crippen molar-refractivity contribution in [2.45, 2.75) is 0 Å². The van der Waals surface area contributed by atoms with Crippen LogP contribution in [-0.4, -0.2) is 20.2 Å². The second-order valence-electron chi connectivity index (χ2n) is 0.513.